The zero-order chi connectivity index (χ0) is 17.1. The second kappa shape index (κ2) is 7.36. The first kappa shape index (κ1) is 17.0. The SMILES string of the molecule is COC(=O)c1c(NC(=O)c2cccc(Cl)c2)sc2c1CCCCC2. The lowest BCUT2D eigenvalue weighted by atomic mass is 10.1. The largest absolute Gasteiger partial charge is 0.465 e. The number of carbonyl (C=O) groups excluding carboxylic acids is 2. The highest BCUT2D eigenvalue weighted by atomic mass is 35.5. The van der Waals surface area contributed by atoms with E-state index in [9.17, 15) is 9.59 Å². The van der Waals surface area contributed by atoms with Crippen LogP contribution in [-0.2, 0) is 17.6 Å². The van der Waals surface area contributed by atoms with Crippen molar-refractivity contribution in [3.8, 4) is 0 Å². The summed E-state index contributed by atoms with van der Waals surface area (Å²) in [7, 11) is 1.37. The predicted molar refractivity (Wildman–Crippen MR) is 96.3 cm³/mol. The number of rotatable bonds is 3. The average Bonchev–Trinajstić information content (AvgIpc) is 2.75. The molecule has 0 radical (unpaired) electrons. The van der Waals surface area contributed by atoms with Gasteiger partial charge in [-0.05, 0) is 49.4 Å². The maximum atomic E-state index is 12.5. The fourth-order valence-electron chi connectivity index (χ4n) is 2.95. The van der Waals surface area contributed by atoms with Crippen molar-refractivity contribution < 1.29 is 14.3 Å². The van der Waals surface area contributed by atoms with Crippen molar-refractivity contribution in [3.05, 3.63) is 50.9 Å². The Hall–Kier alpha value is -1.85. The third-order valence-corrected chi connectivity index (χ3v) is 5.57. The third kappa shape index (κ3) is 3.47. The fraction of sp³-hybridized carbons (Fsp3) is 0.333. The topological polar surface area (TPSA) is 55.4 Å². The summed E-state index contributed by atoms with van der Waals surface area (Å²) in [6, 6.07) is 6.73. The number of hydrogen-bond donors (Lipinski definition) is 1. The Morgan fingerprint density at radius 2 is 2.00 bits per heavy atom. The number of aryl methyl sites for hydroxylation is 1. The monoisotopic (exact) mass is 363 g/mol. The molecule has 1 N–H and O–H groups in total. The summed E-state index contributed by atoms with van der Waals surface area (Å²) >= 11 is 7.43. The lowest BCUT2D eigenvalue weighted by Gasteiger charge is -2.07. The molecule has 6 heteroatoms. The molecule has 0 saturated heterocycles. The van der Waals surface area contributed by atoms with Gasteiger partial charge < -0.3 is 10.1 Å². The molecular formula is C18H18ClNO3S. The molecule has 0 aliphatic heterocycles. The Morgan fingerprint density at radius 3 is 2.75 bits per heavy atom. The normalized spacial score (nSPS) is 13.8. The molecule has 0 bridgehead atoms. The van der Waals surface area contributed by atoms with Gasteiger partial charge in [-0.2, -0.15) is 0 Å². The van der Waals surface area contributed by atoms with E-state index in [0.29, 0.717) is 21.2 Å². The van der Waals surface area contributed by atoms with Crippen LogP contribution < -0.4 is 5.32 Å². The Labute approximate surface area is 149 Å². The van der Waals surface area contributed by atoms with Crippen molar-refractivity contribution in [3.63, 3.8) is 0 Å². The minimum atomic E-state index is -0.393. The van der Waals surface area contributed by atoms with Crippen LogP contribution in [0.1, 0.15) is 50.4 Å². The van der Waals surface area contributed by atoms with E-state index in [2.05, 4.69) is 5.32 Å². The highest BCUT2D eigenvalue weighted by Gasteiger charge is 2.26. The number of carbonyl (C=O) groups is 2. The molecule has 0 unspecified atom stereocenters. The zero-order valence-electron chi connectivity index (χ0n) is 13.4. The van der Waals surface area contributed by atoms with E-state index >= 15 is 0 Å². The summed E-state index contributed by atoms with van der Waals surface area (Å²) in [5.74, 6) is -0.671. The van der Waals surface area contributed by atoms with Gasteiger partial charge in [0, 0.05) is 15.5 Å². The van der Waals surface area contributed by atoms with Crippen LogP contribution in [0.3, 0.4) is 0 Å². The molecule has 0 spiro atoms. The number of benzene rings is 1. The Kier molecular flexibility index (Phi) is 5.21. The van der Waals surface area contributed by atoms with Gasteiger partial charge in [0.25, 0.3) is 5.91 Å². The van der Waals surface area contributed by atoms with Gasteiger partial charge in [0.1, 0.15) is 5.00 Å². The molecule has 1 heterocycles. The van der Waals surface area contributed by atoms with Crippen LogP contribution in [0.25, 0.3) is 0 Å². The molecule has 1 aromatic carbocycles. The lowest BCUT2D eigenvalue weighted by molar-refractivity contribution is 0.0601. The molecule has 0 saturated carbocycles. The molecule has 4 nitrogen and oxygen atoms in total. The van der Waals surface area contributed by atoms with Gasteiger partial charge in [0.15, 0.2) is 0 Å². The first-order valence-electron chi connectivity index (χ1n) is 7.90. The van der Waals surface area contributed by atoms with Crippen molar-refractivity contribution in [1.29, 1.82) is 0 Å². The van der Waals surface area contributed by atoms with Crippen molar-refractivity contribution >= 4 is 39.8 Å². The van der Waals surface area contributed by atoms with Crippen molar-refractivity contribution in [2.75, 3.05) is 12.4 Å². The van der Waals surface area contributed by atoms with Crippen LogP contribution in [0.5, 0.6) is 0 Å². The summed E-state index contributed by atoms with van der Waals surface area (Å²) in [6.07, 6.45) is 5.11. The molecule has 1 aliphatic rings. The van der Waals surface area contributed by atoms with Crippen LogP contribution in [0, 0.1) is 0 Å². The number of halogens is 1. The van der Waals surface area contributed by atoms with Crippen molar-refractivity contribution in [2.45, 2.75) is 32.1 Å². The Balaban J connectivity index is 1.95. The van der Waals surface area contributed by atoms with Gasteiger partial charge in [-0.25, -0.2) is 4.79 Å². The van der Waals surface area contributed by atoms with Gasteiger partial charge in [0.05, 0.1) is 12.7 Å². The number of amides is 1. The quantitative estimate of drug-likeness (QED) is 0.634. The fourth-order valence-corrected chi connectivity index (χ4v) is 4.42. The van der Waals surface area contributed by atoms with E-state index in [0.717, 1.165) is 37.7 Å². The van der Waals surface area contributed by atoms with E-state index in [1.807, 2.05) is 0 Å². The lowest BCUT2D eigenvalue weighted by Crippen LogP contribution is -2.14. The molecule has 24 heavy (non-hydrogen) atoms. The van der Waals surface area contributed by atoms with Crippen LogP contribution >= 0.6 is 22.9 Å². The van der Waals surface area contributed by atoms with E-state index < -0.39 is 5.97 Å². The first-order chi connectivity index (χ1) is 11.6. The van der Waals surface area contributed by atoms with E-state index in [1.165, 1.54) is 23.3 Å². The van der Waals surface area contributed by atoms with E-state index in [1.54, 1.807) is 24.3 Å². The highest BCUT2D eigenvalue weighted by Crippen LogP contribution is 2.38. The Morgan fingerprint density at radius 1 is 1.21 bits per heavy atom. The van der Waals surface area contributed by atoms with Crippen molar-refractivity contribution in [2.24, 2.45) is 0 Å². The van der Waals surface area contributed by atoms with Crippen LogP contribution in [0.2, 0.25) is 5.02 Å². The number of fused-ring (bicyclic) bond motifs is 1. The van der Waals surface area contributed by atoms with Gasteiger partial charge >= 0.3 is 5.97 Å². The second-order valence-corrected chi connectivity index (χ2v) is 7.27. The number of methoxy groups -OCH3 is 1. The molecule has 3 rings (SSSR count). The summed E-state index contributed by atoms with van der Waals surface area (Å²) in [4.78, 5) is 25.9. The third-order valence-electron chi connectivity index (χ3n) is 4.12. The molecule has 1 aromatic heterocycles. The smallest absolute Gasteiger partial charge is 0.341 e. The number of thiophene rings is 1. The van der Waals surface area contributed by atoms with Crippen LogP contribution in [-0.4, -0.2) is 19.0 Å². The van der Waals surface area contributed by atoms with Gasteiger partial charge in [-0.1, -0.05) is 24.1 Å². The van der Waals surface area contributed by atoms with E-state index in [-0.39, 0.29) is 5.91 Å². The number of esters is 1. The summed E-state index contributed by atoms with van der Waals surface area (Å²) < 4.78 is 4.94. The highest BCUT2D eigenvalue weighted by molar-refractivity contribution is 7.17. The predicted octanol–water partition coefficient (Wildman–Crippen LogP) is 4.71. The molecular weight excluding hydrogens is 346 g/mol. The van der Waals surface area contributed by atoms with Gasteiger partial charge in [-0.15, -0.1) is 11.3 Å². The number of nitrogens with one attached hydrogen (secondary N) is 1. The van der Waals surface area contributed by atoms with Crippen LogP contribution in [0.4, 0.5) is 5.00 Å². The molecule has 126 valence electrons. The minimum absolute atomic E-state index is 0.279. The van der Waals surface area contributed by atoms with Gasteiger partial charge in [-0.3, -0.25) is 4.79 Å². The Bertz CT molecular complexity index is 785. The first-order valence-corrected chi connectivity index (χ1v) is 9.09. The molecule has 2 aromatic rings. The summed E-state index contributed by atoms with van der Waals surface area (Å²) in [6.45, 7) is 0. The molecule has 1 amide bonds. The van der Waals surface area contributed by atoms with Crippen molar-refractivity contribution in [1.82, 2.24) is 0 Å². The molecule has 1 aliphatic carbocycles. The number of anilines is 1. The van der Waals surface area contributed by atoms with Gasteiger partial charge in [0.2, 0.25) is 0 Å². The zero-order valence-corrected chi connectivity index (χ0v) is 14.9. The van der Waals surface area contributed by atoms with Crippen LogP contribution in [0.15, 0.2) is 24.3 Å². The standard InChI is InChI=1S/C18H18ClNO3S/c1-23-18(22)15-13-8-3-2-4-9-14(13)24-17(15)20-16(21)11-6-5-7-12(19)10-11/h5-7,10H,2-4,8-9H2,1H3,(H,20,21). The summed E-state index contributed by atoms with van der Waals surface area (Å²) in [5.41, 5.74) is 2.00. The average molecular weight is 364 g/mol. The second-order valence-electron chi connectivity index (χ2n) is 5.72. The minimum Gasteiger partial charge on any atom is -0.465 e. The maximum Gasteiger partial charge on any atom is 0.341 e. The summed E-state index contributed by atoms with van der Waals surface area (Å²) in [5, 5.41) is 3.93. The maximum absolute atomic E-state index is 12.5. The number of ether oxygens (including phenoxy) is 1. The number of hydrogen-bond acceptors (Lipinski definition) is 4. The van der Waals surface area contributed by atoms with E-state index in [4.69, 9.17) is 16.3 Å². The molecule has 0 atom stereocenters. The molecule has 0 fully saturated rings.